The minimum atomic E-state index is -0.933. The first-order valence-electron chi connectivity index (χ1n) is 8.62. The smallest absolute Gasteiger partial charge is 0.331 e. The first kappa shape index (κ1) is 17.9. The van der Waals surface area contributed by atoms with Gasteiger partial charge in [0.15, 0.2) is 11.5 Å². The van der Waals surface area contributed by atoms with Crippen LogP contribution in [0.2, 0.25) is 0 Å². The molecule has 5 nitrogen and oxygen atoms in total. The van der Waals surface area contributed by atoms with Gasteiger partial charge in [0, 0.05) is 21.3 Å². The standard InChI is InChI=1S/C22H16N2O3S/c1-14(22(25)26)13-18-11-12-19(28-18)20-21(27-24-23-20)17-9-7-16(8-10-17)15-5-3-2-4-6-15/h2-13H,1H3,(H,25,26)/b14-13-. The number of hydrogen-bond donors (Lipinski definition) is 1. The fourth-order valence-electron chi connectivity index (χ4n) is 2.82. The second-order valence-corrected chi connectivity index (χ2v) is 7.34. The van der Waals surface area contributed by atoms with Crippen molar-refractivity contribution < 1.29 is 14.4 Å². The Morgan fingerprint density at radius 1 is 0.964 bits per heavy atom. The molecule has 0 spiro atoms. The highest BCUT2D eigenvalue weighted by Crippen LogP contribution is 2.35. The molecule has 138 valence electrons. The highest BCUT2D eigenvalue weighted by molar-refractivity contribution is 7.16. The van der Waals surface area contributed by atoms with Crippen molar-refractivity contribution in [3.63, 3.8) is 0 Å². The van der Waals surface area contributed by atoms with E-state index in [4.69, 9.17) is 9.63 Å². The normalized spacial score (nSPS) is 11.5. The molecule has 0 radical (unpaired) electrons. The lowest BCUT2D eigenvalue weighted by Crippen LogP contribution is -1.94. The maximum atomic E-state index is 11.0. The number of carbonyl (C=O) groups is 1. The molecule has 4 aromatic rings. The molecular weight excluding hydrogens is 372 g/mol. The predicted octanol–water partition coefficient (Wildman–Crippen LogP) is 5.62. The Hall–Kier alpha value is -3.51. The summed E-state index contributed by atoms with van der Waals surface area (Å²) in [5.74, 6) is -0.343. The summed E-state index contributed by atoms with van der Waals surface area (Å²) in [6.45, 7) is 1.57. The highest BCUT2D eigenvalue weighted by Gasteiger charge is 2.17. The van der Waals surface area contributed by atoms with Gasteiger partial charge in [-0.15, -0.1) is 16.4 Å². The van der Waals surface area contributed by atoms with Gasteiger partial charge in [0.1, 0.15) is 0 Å². The van der Waals surface area contributed by atoms with Gasteiger partial charge in [-0.3, -0.25) is 0 Å². The van der Waals surface area contributed by atoms with Gasteiger partial charge in [-0.25, -0.2) is 4.79 Å². The maximum absolute atomic E-state index is 11.0. The molecule has 0 saturated heterocycles. The van der Waals surface area contributed by atoms with E-state index in [9.17, 15) is 4.79 Å². The van der Waals surface area contributed by atoms with E-state index in [2.05, 4.69) is 22.5 Å². The van der Waals surface area contributed by atoms with Gasteiger partial charge in [-0.2, -0.15) is 0 Å². The quantitative estimate of drug-likeness (QED) is 0.449. The molecule has 0 aliphatic carbocycles. The lowest BCUT2D eigenvalue weighted by molar-refractivity contribution is -0.132. The minimum Gasteiger partial charge on any atom is -0.478 e. The summed E-state index contributed by atoms with van der Waals surface area (Å²) < 4.78 is 5.42. The molecule has 1 N–H and O–H groups in total. The summed E-state index contributed by atoms with van der Waals surface area (Å²) >= 11 is 1.44. The molecule has 0 fully saturated rings. The number of carboxylic acid groups (broad SMARTS) is 1. The Morgan fingerprint density at radius 2 is 1.64 bits per heavy atom. The van der Waals surface area contributed by atoms with Gasteiger partial charge >= 0.3 is 5.97 Å². The Morgan fingerprint density at radius 3 is 2.36 bits per heavy atom. The first-order chi connectivity index (χ1) is 13.6. The number of thiophene rings is 1. The van der Waals surface area contributed by atoms with Crippen LogP contribution in [-0.2, 0) is 4.79 Å². The van der Waals surface area contributed by atoms with Gasteiger partial charge in [0.05, 0.1) is 4.88 Å². The SMILES string of the molecule is C/C(=C/c1ccc(-c2nnoc2-c2ccc(-c3ccccc3)cc2)s1)C(=O)O. The summed E-state index contributed by atoms with van der Waals surface area (Å²) in [4.78, 5) is 12.7. The molecule has 0 atom stereocenters. The average Bonchev–Trinajstić information content (AvgIpc) is 3.38. The van der Waals surface area contributed by atoms with E-state index in [1.807, 2.05) is 54.6 Å². The van der Waals surface area contributed by atoms with Crippen LogP contribution in [-0.4, -0.2) is 21.4 Å². The number of hydrogen-bond acceptors (Lipinski definition) is 5. The Kier molecular flexibility index (Phi) is 4.87. The van der Waals surface area contributed by atoms with Crippen molar-refractivity contribution in [3.05, 3.63) is 77.2 Å². The van der Waals surface area contributed by atoms with E-state index in [0.717, 1.165) is 26.4 Å². The first-order valence-corrected chi connectivity index (χ1v) is 9.43. The molecule has 2 aromatic heterocycles. The van der Waals surface area contributed by atoms with Crippen LogP contribution in [0.4, 0.5) is 0 Å². The zero-order valence-corrected chi connectivity index (χ0v) is 15.8. The van der Waals surface area contributed by atoms with Crippen molar-refractivity contribution in [3.8, 4) is 33.0 Å². The average molecular weight is 388 g/mol. The van der Waals surface area contributed by atoms with Gasteiger partial charge < -0.3 is 9.63 Å². The van der Waals surface area contributed by atoms with Crippen molar-refractivity contribution in [2.45, 2.75) is 6.92 Å². The Balaban J connectivity index is 1.64. The van der Waals surface area contributed by atoms with Gasteiger partial charge in [0.2, 0.25) is 0 Å². The van der Waals surface area contributed by atoms with Crippen LogP contribution in [0.3, 0.4) is 0 Å². The fraction of sp³-hybridized carbons (Fsp3) is 0.0455. The fourth-order valence-corrected chi connectivity index (χ4v) is 3.81. The van der Waals surface area contributed by atoms with Crippen LogP contribution in [0.15, 0.2) is 76.8 Å². The largest absolute Gasteiger partial charge is 0.478 e. The molecule has 2 aromatic carbocycles. The number of nitrogens with zero attached hydrogens (tertiary/aromatic N) is 2. The molecule has 2 heterocycles. The van der Waals surface area contributed by atoms with Crippen LogP contribution >= 0.6 is 11.3 Å². The molecular formula is C22H16N2O3S. The maximum Gasteiger partial charge on any atom is 0.331 e. The predicted molar refractivity (Wildman–Crippen MR) is 110 cm³/mol. The zero-order chi connectivity index (χ0) is 19.5. The van der Waals surface area contributed by atoms with E-state index in [-0.39, 0.29) is 5.57 Å². The lowest BCUT2D eigenvalue weighted by Gasteiger charge is -2.03. The van der Waals surface area contributed by atoms with Crippen molar-refractivity contribution in [2.75, 3.05) is 0 Å². The number of rotatable bonds is 5. The molecule has 0 saturated carbocycles. The summed E-state index contributed by atoms with van der Waals surface area (Å²) in [6, 6.07) is 21.9. The molecule has 6 heteroatoms. The number of aliphatic carboxylic acids is 1. The molecule has 0 aliphatic heterocycles. The summed E-state index contributed by atoms with van der Waals surface area (Å²) in [7, 11) is 0. The van der Waals surface area contributed by atoms with Crippen LogP contribution in [0.5, 0.6) is 0 Å². The Labute approximate surface area is 165 Å². The van der Waals surface area contributed by atoms with Gasteiger partial charge in [-0.1, -0.05) is 54.6 Å². The molecule has 28 heavy (non-hydrogen) atoms. The summed E-state index contributed by atoms with van der Waals surface area (Å²) in [5, 5.41) is 16.9. The monoisotopic (exact) mass is 388 g/mol. The van der Waals surface area contributed by atoms with E-state index in [1.165, 1.54) is 11.3 Å². The summed E-state index contributed by atoms with van der Waals surface area (Å²) in [5.41, 5.74) is 4.07. The van der Waals surface area contributed by atoms with Crippen molar-refractivity contribution >= 4 is 23.4 Å². The molecule has 0 bridgehead atoms. The number of benzene rings is 2. The van der Waals surface area contributed by atoms with Crippen LogP contribution < -0.4 is 0 Å². The van der Waals surface area contributed by atoms with Crippen LogP contribution in [0, 0.1) is 0 Å². The summed E-state index contributed by atoms with van der Waals surface area (Å²) in [6.07, 6.45) is 1.64. The lowest BCUT2D eigenvalue weighted by atomic mass is 10.0. The number of carboxylic acids is 1. The third-order valence-electron chi connectivity index (χ3n) is 4.30. The molecule has 4 rings (SSSR count). The molecule has 0 amide bonds. The number of aromatic nitrogens is 2. The third-order valence-corrected chi connectivity index (χ3v) is 5.34. The highest BCUT2D eigenvalue weighted by atomic mass is 32.1. The van der Waals surface area contributed by atoms with Crippen molar-refractivity contribution in [1.82, 2.24) is 10.4 Å². The second-order valence-electron chi connectivity index (χ2n) is 6.23. The van der Waals surface area contributed by atoms with Gasteiger partial charge in [0.25, 0.3) is 0 Å². The Bertz CT molecular complexity index is 1140. The molecule has 0 aliphatic rings. The molecule has 0 unspecified atom stereocenters. The second kappa shape index (κ2) is 7.62. The third kappa shape index (κ3) is 3.63. The van der Waals surface area contributed by atoms with Crippen molar-refractivity contribution in [2.24, 2.45) is 0 Å². The van der Waals surface area contributed by atoms with E-state index >= 15 is 0 Å². The topological polar surface area (TPSA) is 76.2 Å². The van der Waals surface area contributed by atoms with Gasteiger partial charge in [-0.05, 0) is 36.3 Å². The van der Waals surface area contributed by atoms with Crippen molar-refractivity contribution in [1.29, 1.82) is 0 Å². The van der Waals surface area contributed by atoms with Crippen LogP contribution in [0.25, 0.3) is 39.1 Å². The zero-order valence-electron chi connectivity index (χ0n) is 15.0. The van der Waals surface area contributed by atoms with E-state index in [1.54, 1.807) is 13.0 Å². The van der Waals surface area contributed by atoms with E-state index < -0.39 is 5.97 Å². The minimum absolute atomic E-state index is 0.281. The van der Waals surface area contributed by atoms with Crippen LogP contribution in [0.1, 0.15) is 11.8 Å². The van der Waals surface area contributed by atoms with E-state index in [0.29, 0.717) is 11.5 Å².